The van der Waals surface area contributed by atoms with Gasteiger partial charge in [-0.1, -0.05) is 41.0 Å². The number of aliphatic hydroxyl groups excluding tert-OH is 1. The molecule has 0 saturated carbocycles. The molecule has 132 valence electrons. The normalized spacial score (nSPS) is 21.6. The molecule has 0 fully saturated rings. The number of nitrogens with zero attached hydrogens (tertiary/aromatic N) is 1. The highest BCUT2D eigenvalue weighted by Crippen LogP contribution is 2.55. The number of carbonyl (C=O) groups is 2. The second-order valence-corrected chi connectivity index (χ2v) is 7.91. The van der Waals surface area contributed by atoms with E-state index in [-0.39, 0.29) is 4.91 Å². The van der Waals surface area contributed by atoms with Crippen molar-refractivity contribution in [3.05, 3.63) is 68.7 Å². The third kappa shape index (κ3) is 2.26. The lowest BCUT2D eigenvalue weighted by Crippen LogP contribution is -2.48. The molecular weight excluding hydrogens is 395 g/mol. The predicted molar refractivity (Wildman–Crippen MR) is 101 cm³/mol. The molecule has 0 aromatic heterocycles. The van der Waals surface area contributed by atoms with Crippen molar-refractivity contribution in [3.8, 4) is 0 Å². The van der Waals surface area contributed by atoms with E-state index in [2.05, 4.69) is 5.32 Å². The Bertz CT molecular complexity index is 990. The fourth-order valence-electron chi connectivity index (χ4n) is 3.30. The third-order valence-corrected chi connectivity index (χ3v) is 6.22. The minimum Gasteiger partial charge on any atom is -0.502 e. The topological polar surface area (TPSA) is 69.6 Å². The van der Waals surface area contributed by atoms with E-state index >= 15 is 0 Å². The van der Waals surface area contributed by atoms with Gasteiger partial charge in [-0.25, -0.2) is 0 Å². The SMILES string of the molecule is CN1C(=O)C(O)=C(Sc2ccc(Cl)cc2)C12C(=O)Nc1cc(Cl)ccc12. The van der Waals surface area contributed by atoms with Crippen molar-refractivity contribution >= 4 is 52.5 Å². The van der Waals surface area contributed by atoms with Gasteiger partial charge in [-0.3, -0.25) is 9.59 Å². The summed E-state index contributed by atoms with van der Waals surface area (Å²) < 4.78 is 0. The number of benzene rings is 2. The van der Waals surface area contributed by atoms with Crippen molar-refractivity contribution in [2.24, 2.45) is 0 Å². The van der Waals surface area contributed by atoms with Crippen molar-refractivity contribution in [2.75, 3.05) is 12.4 Å². The van der Waals surface area contributed by atoms with E-state index < -0.39 is 23.1 Å². The number of likely N-dealkylation sites (N-methyl/N-ethyl adjacent to an activating group) is 1. The van der Waals surface area contributed by atoms with Gasteiger partial charge in [-0.15, -0.1) is 0 Å². The highest BCUT2D eigenvalue weighted by Gasteiger charge is 2.61. The van der Waals surface area contributed by atoms with Crippen LogP contribution in [0.15, 0.2) is 58.0 Å². The monoisotopic (exact) mass is 406 g/mol. The zero-order valence-electron chi connectivity index (χ0n) is 13.4. The van der Waals surface area contributed by atoms with E-state index in [9.17, 15) is 14.7 Å². The first kappa shape index (κ1) is 17.3. The molecule has 2 heterocycles. The number of thioether (sulfide) groups is 1. The van der Waals surface area contributed by atoms with E-state index in [1.54, 1.807) is 42.5 Å². The number of amides is 2. The number of hydrogen-bond acceptors (Lipinski definition) is 4. The van der Waals surface area contributed by atoms with Crippen LogP contribution in [-0.4, -0.2) is 28.9 Å². The van der Waals surface area contributed by atoms with Crippen LogP contribution in [0.2, 0.25) is 10.0 Å². The van der Waals surface area contributed by atoms with E-state index in [0.29, 0.717) is 21.3 Å². The van der Waals surface area contributed by atoms with Gasteiger partial charge in [0.05, 0.1) is 4.91 Å². The van der Waals surface area contributed by atoms with Gasteiger partial charge >= 0.3 is 0 Å². The first-order valence-corrected chi connectivity index (χ1v) is 9.19. The van der Waals surface area contributed by atoms with Gasteiger partial charge in [0.1, 0.15) is 0 Å². The molecule has 26 heavy (non-hydrogen) atoms. The molecule has 2 aliphatic heterocycles. The van der Waals surface area contributed by atoms with Crippen LogP contribution in [-0.2, 0) is 15.1 Å². The van der Waals surface area contributed by atoms with E-state index in [1.165, 1.54) is 11.9 Å². The molecule has 0 bridgehead atoms. The molecule has 2 aliphatic rings. The van der Waals surface area contributed by atoms with Gasteiger partial charge in [-0.2, -0.15) is 0 Å². The van der Waals surface area contributed by atoms with E-state index in [1.807, 2.05) is 0 Å². The molecule has 0 radical (unpaired) electrons. The number of hydrogen-bond donors (Lipinski definition) is 2. The van der Waals surface area contributed by atoms with Gasteiger partial charge in [0, 0.05) is 33.2 Å². The average molecular weight is 407 g/mol. The lowest BCUT2D eigenvalue weighted by Gasteiger charge is -2.32. The maximum absolute atomic E-state index is 13.0. The van der Waals surface area contributed by atoms with Crippen LogP contribution in [0.25, 0.3) is 0 Å². The number of carbonyl (C=O) groups excluding carboxylic acids is 2. The smallest absolute Gasteiger partial charge is 0.290 e. The average Bonchev–Trinajstić information content (AvgIpc) is 2.99. The molecule has 4 rings (SSSR count). The van der Waals surface area contributed by atoms with Crippen LogP contribution in [0.3, 0.4) is 0 Å². The number of halogens is 2. The number of fused-ring (bicyclic) bond motifs is 2. The molecule has 2 aromatic rings. The zero-order chi connectivity index (χ0) is 18.6. The minimum absolute atomic E-state index is 0.255. The Morgan fingerprint density at radius 2 is 1.73 bits per heavy atom. The molecule has 2 amide bonds. The van der Waals surface area contributed by atoms with Crippen LogP contribution >= 0.6 is 35.0 Å². The zero-order valence-corrected chi connectivity index (χ0v) is 15.7. The second kappa shape index (κ2) is 5.94. The summed E-state index contributed by atoms with van der Waals surface area (Å²) in [5.74, 6) is -1.46. The standard InChI is InChI=1S/C18H12Cl2N2O3S/c1-22-16(24)14(23)15(26-11-5-2-9(19)3-6-11)18(22)12-7-4-10(20)8-13(12)21-17(18)25/h2-8,23H,1H3,(H,21,25). The molecule has 1 unspecified atom stereocenters. The summed E-state index contributed by atoms with van der Waals surface area (Å²) in [6, 6.07) is 11.9. The Morgan fingerprint density at radius 1 is 1.08 bits per heavy atom. The molecule has 8 heteroatoms. The van der Waals surface area contributed by atoms with Crippen molar-refractivity contribution in [2.45, 2.75) is 10.4 Å². The van der Waals surface area contributed by atoms with Crippen LogP contribution in [0.5, 0.6) is 0 Å². The summed E-state index contributed by atoms with van der Waals surface area (Å²) in [6.45, 7) is 0. The molecule has 1 spiro atoms. The Morgan fingerprint density at radius 3 is 2.42 bits per heavy atom. The van der Waals surface area contributed by atoms with Gasteiger partial charge in [-0.05, 0) is 36.4 Å². The maximum atomic E-state index is 13.0. The molecular formula is C18H12Cl2N2O3S. The third-order valence-electron chi connectivity index (χ3n) is 4.54. The first-order valence-electron chi connectivity index (χ1n) is 7.62. The first-order chi connectivity index (χ1) is 12.4. The molecule has 0 saturated heterocycles. The minimum atomic E-state index is -1.43. The largest absolute Gasteiger partial charge is 0.502 e. The van der Waals surface area contributed by atoms with Crippen molar-refractivity contribution in [3.63, 3.8) is 0 Å². The lowest BCUT2D eigenvalue weighted by atomic mass is 9.91. The van der Waals surface area contributed by atoms with Crippen LogP contribution in [0, 0.1) is 0 Å². The molecule has 2 N–H and O–H groups in total. The van der Waals surface area contributed by atoms with Crippen LogP contribution < -0.4 is 5.32 Å². The summed E-state index contributed by atoms with van der Waals surface area (Å²) in [6.07, 6.45) is 0. The van der Waals surface area contributed by atoms with Crippen LogP contribution in [0.4, 0.5) is 5.69 Å². The molecule has 1 atom stereocenters. The fraction of sp³-hybridized carbons (Fsp3) is 0.111. The van der Waals surface area contributed by atoms with Gasteiger partial charge < -0.3 is 15.3 Å². The summed E-state index contributed by atoms with van der Waals surface area (Å²) in [5, 5.41) is 14.3. The van der Waals surface area contributed by atoms with Crippen molar-refractivity contribution in [1.29, 1.82) is 0 Å². The quantitative estimate of drug-likeness (QED) is 0.784. The highest BCUT2D eigenvalue weighted by atomic mass is 35.5. The summed E-state index contributed by atoms with van der Waals surface area (Å²) >= 11 is 13.1. The van der Waals surface area contributed by atoms with E-state index in [4.69, 9.17) is 23.2 Å². The van der Waals surface area contributed by atoms with Gasteiger partial charge in [0.2, 0.25) is 0 Å². The Hall–Kier alpha value is -2.15. The predicted octanol–water partition coefficient (Wildman–Crippen LogP) is 4.17. The van der Waals surface area contributed by atoms with Crippen LogP contribution in [0.1, 0.15) is 5.56 Å². The maximum Gasteiger partial charge on any atom is 0.290 e. The fourth-order valence-corrected chi connectivity index (χ4v) is 4.78. The van der Waals surface area contributed by atoms with Gasteiger partial charge in [0.15, 0.2) is 11.3 Å². The van der Waals surface area contributed by atoms with Gasteiger partial charge in [0.25, 0.3) is 11.8 Å². The summed E-state index contributed by atoms with van der Waals surface area (Å²) in [5.41, 5.74) is -0.333. The Balaban J connectivity index is 1.90. The Labute approximate surface area is 163 Å². The summed E-state index contributed by atoms with van der Waals surface area (Å²) in [7, 11) is 1.50. The number of anilines is 1. The number of rotatable bonds is 2. The van der Waals surface area contributed by atoms with Crippen molar-refractivity contribution in [1.82, 2.24) is 4.90 Å². The van der Waals surface area contributed by atoms with E-state index in [0.717, 1.165) is 16.7 Å². The highest BCUT2D eigenvalue weighted by molar-refractivity contribution is 8.03. The lowest BCUT2D eigenvalue weighted by molar-refractivity contribution is -0.136. The Kier molecular flexibility index (Phi) is 3.95. The molecule has 5 nitrogen and oxygen atoms in total. The molecule has 0 aliphatic carbocycles. The molecule has 2 aromatic carbocycles. The summed E-state index contributed by atoms with van der Waals surface area (Å²) in [4.78, 5) is 27.8. The number of aliphatic hydroxyl groups is 1. The number of nitrogens with one attached hydrogen (secondary N) is 1. The van der Waals surface area contributed by atoms with Crippen molar-refractivity contribution < 1.29 is 14.7 Å². The second-order valence-electron chi connectivity index (χ2n) is 5.95.